The molecule has 5 heteroatoms. The summed E-state index contributed by atoms with van der Waals surface area (Å²) in [5.74, 6) is 6.71. The molecule has 3 nitrogen and oxygen atoms in total. The average molecular weight is 323 g/mol. The number of nitrogens with one attached hydrogen (secondary N) is 1. The summed E-state index contributed by atoms with van der Waals surface area (Å²) in [6.45, 7) is 3.17. The third-order valence-electron chi connectivity index (χ3n) is 3.48. The molecular formula is C16H19ClN2OS. The summed E-state index contributed by atoms with van der Waals surface area (Å²) in [5, 5.41) is 3.47. The summed E-state index contributed by atoms with van der Waals surface area (Å²) in [4.78, 5) is 12.2. The monoisotopic (exact) mass is 322 g/mol. The van der Waals surface area contributed by atoms with Crippen LogP contribution in [-0.4, -0.2) is 29.5 Å². The Kier molecular flexibility index (Phi) is 5.58. The van der Waals surface area contributed by atoms with Crippen LogP contribution >= 0.6 is 23.4 Å². The van der Waals surface area contributed by atoms with Crippen molar-refractivity contribution in [1.29, 1.82) is 0 Å². The summed E-state index contributed by atoms with van der Waals surface area (Å²) >= 11 is 8.06. The van der Waals surface area contributed by atoms with Gasteiger partial charge in [0.15, 0.2) is 0 Å². The van der Waals surface area contributed by atoms with E-state index in [1.165, 1.54) is 12.2 Å². The highest BCUT2D eigenvalue weighted by Gasteiger charge is 2.29. The van der Waals surface area contributed by atoms with Crippen molar-refractivity contribution in [2.75, 3.05) is 18.8 Å². The number of benzene rings is 1. The molecule has 1 aromatic carbocycles. The predicted molar refractivity (Wildman–Crippen MR) is 89.8 cm³/mol. The van der Waals surface area contributed by atoms with Crippen LogP contribution in [0.1, 0.15) is 35.7 Å². The second-order valence-electron chi connectivity index (χ2n) is 5.29. The van der Waals surface area contributed by atoms with E-state index < -0.39 is 0 Å². The molecule has 1 aliphatic rings. The first-order chi connectivity index (χ1) is 10.0. The molecular weight excluding hydrogens is 304 g/mol. The number of halogens is 1. The van der Waals surface area contributed by atoms with Crippen LogP contribution in [0.2, 0.25) is 5.02 Å². The van der Waals surface area contributed by atoms with E-state index in [1.807, 2.05) is 11.8 Å². The first kappa shape index (κ1) is 16.2. The van der Waals surface area contributed by atoms with Gasteiger partial charge in [0.2, 0.25) is 0 Å². The third-order valence-corrected chi connectivity index (χ3v) is 5.33. The molecule has 1 heterocycles. The molecule has 0 saturated carbocycles. The van der Waals surface area contributed by atoms with E-state index in [0.29, 0.717) is 22.7 Å². The van der Waals surface area contributed by atoms with Crippen LogP contribution in [-0.2, 0) is 0 Å². The standard InChI is InChI=1S/C16H19ClN2OS/c1-16(7-3-9-21-16)11-19-15(20)13-6-5-12(4-2-8-18)14(17)10-13/h5-6,10H,3,7-9,11,18H2,1H3,(H,19,20). The van der Waals surface area contributed by atoms with Crippen molar-refractivity contribution >= 4 is 29.3 Å². The summed E-state index contributed by atoms with van der Waals surface area (Å²) in [6, 6.07) is 5.15. The van der Waals surface area contributed by atoms with Gasteiger partial charge >= 0.3 is 0 Å². The zero-order chi connectivity index (χ0) is 15.3. The maximum absolute atomic E-state index is 12.2. The van der Waals surface area contributed by atoms with Gasteiger partial charge in [-0.25, -0.2) is 0 Å². The quantitative estimate of drug-likeness (QED) is 0.841. The van der Waals surface area contributed by atoms with Crippen molar-refractivity contribution in [3.8, 4) is 11.8 Å². The van der Waals surface area contributed by atoms with Crippen LogP contribution in [0, 0.1) is 11.8 Å². The number of hydrogen-bond acceptors (Lipinski definition) is 3. The Bertz CT molecular complexity index is 586. The first-order valence-corrected chi connectivity index (χ1v) is 8.31. The Hall–Kier alpha value is -1.15. The molecule has 1 saturated heterocycles. The molecule has 112 valence electrons. The SMILES string of the molecule is CC1(CNC(=O)c2ccc(C#CCN)c(Cl)c2)CCCS1. The fourth-order valence-corrected chi connectivity index (χ4v) is 3.72. The lowest BCUT2D eigenvalue weighted by atomic mass is 10.1. The lowest BCUT2D eigenvalue weighted by Gasteiger charge is -2.22. The maximum atomic E-state index is 12.2. The van der Waals surface area contributed by atoms with Crippen molar-refractivity contribution in [3.63, 3.8) is 0 Å². The summed E-state index contributed by atoms with van der Waals surface area (Å²) < 4.78 is 0.159. The van der Waals surface area contributed by atoms with Gasteiger partial charge in [-0.1, -0.05) is 23.4 Å². The second kappa shape index (κ2) is 7.22. The van der Waals surface area contributed by atoms with Gasteiger partial charge in [-0.15, -0.1) is 0 Å². The van der Waals surface area contributed by atoms with E-state index in [1.54, 1.807) is 18.2 Å². The fraction of sp³-hybridized carbons (Fsp3) is 0.438. The highest BCUT2D eigenvalue weighted by atomic mass is 35.5. The Morgan fingerprint density at radius 2 is 2.38 bits per heavy atom. The van der Waals surface area contributed by atoms with Crippen LogP contribution in [0.25, 0.3) is 0 Å². The molecule has 1 atom stereocenters. The minimum absolute atomic E-state index is 0.0936. The lowest BCUT2D eigenvalue weighted by molar-refractivity contribution is 0.0950. The van der Waals surface area contributed by atoms with Crippen LogP contribution in [0.5, 0.6) is 0 Å². The van der Waals surface area contributed by atoms with E-state index in [9.17, 15) is 4.79 Å². The molecule has 1 unspecified atom stereocenters. The number of nitrogens with two attached hydrogens (primary N) is 1. The minimum atomic E-state index is -0.0936. The molecule has 0 spiro atoms. The highest BCUT2D eigenvalue weighted by molar-refractivity contribution is 8.00. The Morgan fingerprint density at radius 3 is 3.00 bits per heavy atom. The topological polar surface area (TPSA) is 55.1 Å². The molecule has 1 fully saturated rings. The molecule has 0 aromatic heterocycles. The van der Waals surface area contributed by atoms with Crippen molar-refractivity contribution in [2.24, 2.45) is 5.73 Å². The first-order valence-electron chi connectivity index (χ1n) is 6.95. The molecule has 1 amide bonds. The van der Waals surface area contributed by atoms with E-state index in [4.69, 9.17) is 17.3 Å². The van der Waals surface area contributed by atoms with Crippen molar-refractivity contribution in [1.82, 2.24) is 5.32 Å². The maximum Gasteiger partial charge on any atom is 0.251 e. The minimum Gasteiger partial charge on any atom is -0.351 e. The van der Waals surface area contributed by atoms with Crippen LogP contribution in [0.3, 0.4) is 0 Å². The summed E-state index contributed by atoms with van der Waals surface area (Å²) in [7, 11) is 0. The predicted octanol–water partition coefficient (Wildman–Crippen LogP) is 2.67. The Morgan fingerprint density at radius 1 is 1.57 bits per heavy atom. The van der Waals surface area contributed by atoms with Gasteiger partial charge in [-0.05, 0) is 43.7 Å². The molecule has 0 radical (unpaired) electrons. The molecule has 0 bridgehead atoms. The van der Waals surface area contributed by atoms with Gasteiger partial charge in [-0.3, -0.25) is 4.79 Å². The molecule has 21 heavy (non-hydrogen) atoms. The normalized spacial score (nSPS) is 20.7. The van der Waals surface area contributed by atoms with Crippen LogP contribution in [0.15, 0.2) is 18.2 Å². The number of amides is 1. The van der Waals surface area contributed by atoms with Gasteiger partial charge in [0.05, 0.1) is 11.6 Å². The molecule has 1 aromatic rings. The lowest BCUT2D eigenvalue weighted by Crippen LogP contribution is -2.36. The molecule has 2 rings (SSSR count). The smallest absolute Gasteiger partial charge is 0.251 e. The number of carbonyl (C=O) groups is 1. The zero-order valence-corrected chi connectivity index (χ0v) is 13.6. The molecule has 0 aliphatic carbocycles. The number of carbonyl (C=O) groups excluding carboxylic acids is 1. The van der Waals surface area contributed by atoms with Gasteiger partial charge in [0.1, 0.15) is 0 Å². The third kappa shape index (κ3) is 4.41. The molecule has 1 aliphatic heterocycles. The van der Waals surface area contributed by atoms with E-state index >= 15 is 0 Å². The summed E-state index contributed by atoms with van der Waals surface area (Å²) in [5.41, 5.74) is 6.59. The van der Waals surface area contributed by atoms with Crippen molar-refractivity contribution < 1.29 is 4.79 Å². The number of hydrogen-bond donors (Lipinski definition) is 2. The van der Waals surface area contributed by atoms with Gasteiger partial charge in [0.25, 0.3) is 5.91 Å². The fourth-order valence-electron chi connectivity index (χ4n) is 2.25. The zero-order valence-electron chi connectivity index (χ0n) is 12.0. The van der Waals surface area contributed by atoms with Crippen LogP contribution in [0.4, 0.5) is 0 Å². The Labute approximate surface area is 135 Å². The Balaban J connectivity index is 2.01. The van der Waals surface area contributed by atoms with Crippen molar-refractivity contribution in [2.45, 2.75) is 24.5 Å². The van der Waals surface area contributed by atoms with Gasteiger partial charge in [0, 0.05) is 22.4 Å². The average Bonchev–Trinajstić information content (AvgIpc) is 2.91. The second-order valence-corrected chi connectivity index (χ2v) is 7.37. The number of rotatable bonds is 3. The molecule has 3 N–H and O–H groups in total. The van der Waals surface area contributed by atoms with Gasteiger partial charge < -0.3 is 11.1 Å². The largest absolute Gasteiger partial charge is 0.351 e. The number of thioether (sulfide) groups is 1. The van der Waals surface area contributed by atoms with Crippen molar-refractivity contribution in [3.05, 3.63) is 34.3 Å². The van der Waals surface area contributed by atoms with E-state index in [2.05, 4.69) is 24.1 Å². The van der Waals surface area contributed by atoms with E-state index in [0.717, 1.165) is 6.42 Å². The van der Waals surface area contributed by atoms with Crippen LogP contribution < -0.4 is 11.1 Å². The van der Waals surface area contributed by atoms with E-state index in [-0.39, 0.29) is 17.2 Å². The highest BCUT2D eigenvalue weighted by Crippen LogP contribution is 2.37. The summed E-state index contributed by atoms with van der Waals surface area (Å²) in [6.07, 6.45) is 2.36. The van der Waals surface area contributed by atoms with Gasteiger partial charge in [-0.2, -0.15) is 11.8 Å².